The highest BCUT2D eigenvalue weighted by Gasteiger charge is 2.14. The molecule has 0 aliphatic carbocycles. The Balaban J connectivity index is 1.69. The Hall–Kier alpha value is -2.52. The molecule has 0 spiro atoms. The van der Waals surface area contributed by atoms with E-state index in [9.17, 15) is 9.59 Å². The van der Waals surface area contributed by atoms with Crippen LogP contribution in [0.3, 0.4) is 0 Å². The molecule has 2 aromatic carbocycles. The van der Waals surface area contributed by atoms with Gasteiger partial charge in [-0.15, -0.1) is 0 Å². The van der Waals surface area contributed by atoms with Crippen LogP contribution in [0.2, 0.25) is 0 Å². The molecule has 0 aliphatic rings. The van der Waals surface area contributed by atoms with Gasteiger partial charge in [0.25, 0.3) is 11.5 Å². The molecule has 0 radical (unpaired) electrons. The van der Waals surface area contributed by atoms with Crippen LogP contribution in [0.15, 0.2) is 56.5 Å². The first-order chi connectivity index (χ1) is 12.9. The van der Waals surface area contributed by atoms with Gasteiger partial charge in [-0.3, -0.25) is 15.0 Å². The molecule has 2 heterocycles. The second-order valence-electron chi connectivity index (χ2n) is 5.98. The second kappa shape index (κ2) is 6.90. The Labute approximate surface area is 170 Å². The van der Waals surface area contributed by atoms with Crippen molar-refractivity contribution in [1.82, 2.24) is 19.2 Å². The van der Waals surface area contributed by atoms with Gasteiger partial charge in [0, 0.05) is 8.95 Å². The first kappa shape index (κ1) is 17.9. The van der Waals surface area contributed by atoms with Crippen molar-refractivity contribution in [3.63, 3.8) is 0 Å². The number of hydrogen-bond donors (Lipinski definition) is 1. The van der Waals surface area contributed by atoms with Gasteiger partial charge in [-0.2, -0.15) is 0 Å². The summed E-state index contributed by atoms with van der Waals surface area (Å²) < 4.78 is 4.35. The van der Waals surface area contributed by atoms with Gasteiger partial charge in [0.2, 0.25) is 0 Å². The number of benzene rings is 2. The number of nitrogens with zero attached hydrogens (tertiary/aromatic N) is 4. The number of amides is 1. The SMILES string of the molecule is Cc1nc2c(Br)cc(Br)cc2c(=O)n1NC(=O)Cn1cnc2ccccc21. The zero-order valence-electron chi connectivity index (χ0n) is 14.1. The first-order valence-electron chi connectivity index (χ1n) is 8.02. The summed E-state index contributed by atoms with van der Waals surface area (Å²) in [6, 6.07) is 11.0. The Morgan fingerprint density at radius 3 is 2.81 bits per heavy atom. The summed E-state index contributed by atoms with van der Waals surface area (Å²) in [4.78, 5) is 34.1. The van der Waals surface area contributed by atoms with E-state index in [1.807, 2.05) is 30.3 Å². The van der Waals surface area contributed by atoms with Gasteiger partial charge in [-0.05, 0) is 47.1 Å². The maximum atomic E-state index is 12.9. The molecular weight excluding hydrogens is 478 g/mol. The number of aromatic nitrogens is 4. The van der Waals surface area contributed by atoms with E-state index in [-0.39, 0.29) is 18.0 Å². The number of halogens is 2. The van der Waals surface area contributed by atoms with Crippen molar-refractivity contribution >= 4 is 59.7 Å². The van der Waals surface area contributed by atoms with Crippen molar-refractivity contribution < 1.29 is 4.79 Å². The van der Waals surface area contributed by atoms with Crippen LogP contribution in [0.25, 0.3) is 21.9 Å². The zero-order chi connectivity index (χ0) is 19.1. The Kier molecular flexibility index (Phi) is 4.56. The number of hydrogen-bond acceptors (Lipinski definition) is 4. The highest BCUT2D eigenvalue weighted by atomic mass is 79.9. The minimum absolute atomic E-state index is 0.0343. The zero-order valence-corrected chi connectivity index (χ0v) is 17.3. The monoisotopic (exact) mass is 489 g/mol. The third-order valence-electron chi connectivity index (χ3n) is 4.14. The van der Waals surface area contributed by atoms with Crippen LogP contribution in [0.5, 0.6) is 0 Å². The van der Waals surface area contributed by atoms with Crippen LogP contribution < -0.4 is 11.0 Å². The minimum atomic E-state index is -0.349. The maximum Gasteiger partial charge on any atom is 0.280 e. The first-order valence-corrected chi connectivity index (χ1v) is 9.61. The third kappa shape index (κ3) is 3.28. The standard InChI is InChI=1S/C18H13Br2N5O2/c1-10-22-17-12(6-11(19)7-13(17)20)18(27)25(10)23-16(26)8-24-9-21-14-4-2-3-5-15(14)24/h2-7,9H,8H2,1H3,(H,23,26). The lowest BCUT2D eigenvalue weighted by molar-refractivity contribution is -0.117. The van der Waals surface area contributed by atoms with Gasteiger partial charge >= 0.3 is 0 Å². The largest absolute Gasteiger partial charge is 0.321 e. The van der Waals surface area contributed by atoms with Gasteiger partial charge in [0.05, 0.1) is 28.3 Å². The van der Waals surface area contributed by atoms with E-state index in [1.165, 1.54) is 4.68 Å². The van der Waals surface area contributed by atoms with E-state index in [4.69, 9.17) is 0 Å². The van der Waals surface area contributed by atoms with Crippen LogP contribution in [0.4, 0.5) is 0 Å². The molecule has 0 atom stereocenters. The molecule has 27 heavy (non-hydrogen) atoms. The van der Waals surface area contributed by atoms with E-state index >= 15 is 0 Å². The van der Waals surface area contributed by atoms with Crippen LogP contribution in [0, 0.1) is 6.92 Å². The molecule has 0 fully saturated rings. The molecule has 7 nitrogen and oxygen atoms in total. The molecule has 136 valence electrons. The van der Waals surface area contributed by atoms with Gasteiger partial charge in [-0.25, -0.2) is 14.6 Å². The number of aryl methyl sites for hydroxylation is 1. The summed E-state index contributed by atoms with van der Waals surface area (Å²) >= 11 is 6.79. The number of rotatable bonds is 3. The smallest absolute Gasteiger partial charge is 0.280 e. The van der Waals surface area contributed by atoms with Gasteiger partial charge in [0.15, 0.2) is 0 Å². The topological polar surface area (TPSA) is 81.8 Å². The third-order valence-corrected chi connectivity index (χ3v) is 5.20. The Morgan fingerprint density at radius 2 is 2.00 bits per heavy atom. The second-order valence-corrected chi connectivity index (χ2v) is 7.75. The molecule has 0 saturated heterocycles. The Morgan fingerprint density at radius 1 is 1.22 bits per heavy atom. The van der Waals surface area contributed by atoms with E-state index in [1.54, 1.807) is 23.9 Å². The van der Waals surface area contributed by atoms with E-state index < -0.39 is 0 Å². The molecular formula is C18H13Br2N5O2. The van der Waals surface area contributed by atoms with Crippen molar-refractivity contribution in [1.29, 1.82) is 0 Å². The Bertz CT molecular complexity index is 1260. The van der Waals surface area contributed by atoms with E-state index in [0.717, 1.165) is 15.5 Å². The maximum absolute atomic E-state index is 12.9. The van der Waals surface area contributed by atoms with Crippen LogP contribution in [0.1, 0.15) is 5.82 Å². The van der Waals surface area contributed by atoms with Gasteiger partial charge < -0.3 is 4.57 Å². The van der Waals surface area contributed by atoms with Gasteiger partial charge in [0.1, 0.15) is 12.4 Å². The lowest BCUT2D eigenvalue weighted by Gasteiger charge is -2.13. The molecule has 4 rings (SSSR count). The van der Waals surface area contributed by atoms with Crippen LogP contribution in [-0.4, -0.2) is 25.1 Å². The number of imidazole rings is 1. The lowest BCUT2D eigenvalue weighted by Crippen LogP contribution is -2.37. The van der Waals surface area contributed by atoms with Crippen LogP contribution in [-0.2, 0) is 11.3 Å². The predicted molar refractivity (Wildman–Crippen MR) is 110 cm³/mol. The number of carbonyl (C=O) groups is 1. The van der Waals surface area contributed by atoms with E-state index in [0.29, 0.717) is 21.2 Å². The van der Waals surface area contributed by atoms with Crippen molar-refractivity contribution in [2.75, 3.05) is 5.43 Å². The van der Waals surface area contributed by atoms with Gasteiger partial charge in [-0.1, -0.05) is 28.1 Å². The van der Waals surface area contributed by atoms with Crippen molar-refractivity contribution in [2.24, 2.45) is 0 Å². The number of para-hydroxylation sites is 2. The molecule has 0 unspecified atom stereocenters. The van der Waals surface area contributed by atoms with Crippen LogP contribution >= 0.6 is 31.9 Å². The van der Waals surface area contributed by atoms with Crippen molar-refractivity contribution in [2.45, 2.75) is 13.5 Å². The lowest BCUT2D eigenvalue weighted by atomic mass is 10.2. The predicted octanol–water partition coefficient (Wildman–Crippen LogP) is 3.35. The summed E-state index contributed by atoms with van der Waals surface area (Å²) in [7, 11) is 0. The molecule has 2 aromatic heterocycles. The highest BCUT2D eigenvalue weighted by molar-refractivity contribution is 9.11. The number of nitrogens with one attached hydrogen (secondary N) is 1. The van der Waals surface area contributed by atoms with Crippen molar-refractivity contribution in [3.05, 3.63) is 67.8 Å². The highest BCUT2D eigenvalue weighted by Crippen LogP contribution is 2.25. The quantitative estimate of drug-likeness (QED) is 0.477. The molecule has 1 amide bonds. The summed E-state index contributed by atoms with van der Waals surface area (Å²) in [6.45, 7) is 1.70. The summed E-state index contributed by atoms with van der Waals surface area (Å²) in [5.41, 5.74) is 4.49. The fraction of sp³-hybridized carbons (Fsp3) is 0.111. The summed E-state index contributed by atoms with van der Waals surface area (Å²) in [6.07, 6.45) is 1.60. The number of carbonyl (C=O) groups excluding carboxylic acids is 1. The fourth-order valence-corrected chi connectivity index (χ4v) is 4.22. The molecule has 0 bridgehead atoms. The molecule has 0 saturated carbocycles. The summed E-state index contributed by atoms with van der Waals surface area (Å²) in [5.74, 6) is 0.0397. The minimum Gasteiger partial charge on any atom is -0.321 e. The normalized spacial score (nSPS) is 11.2. The molecule has 0 aliphatic heterocycles. The van der Waals surface area contributed by atoms with Crippen molar-refractivity contribution in [3.8, 4) is 0 Å². The average Bonchev–Trinajstić information content (AvgIpc) is 3.03. The number of fused-ring (bicyclic) bond motifs is 2. The summed E-state index contributed by atoms with van der Waals surface area (Å²) in [5, 5.41) is 0.398. The molecule has 9 heteroatoms. The molecule has 4 aromatic rings. The van der Waals surface area contributed by atoms with E-state index in [2.05, 4.69) is 47.3 Å². The fourth-order valence-electron chi connectivity index (χ4n) is 2.90. The molecule has 1 N–H and O–H groups in total. The average molecular weight is 491 g/mol.